The van der Waals surface area contributed by atoms with Crippen LogP contribution in [0.5, 0.6) is 0 Å². The van der Waals surface area contributed by atoms with Crippen molar-refractivity contribution in [2.45, 2.75) is 48.0 Å². The Morgan fingerprint density at radius 2 is 1.50 bits per heavy atom. The molecule has 0 aromatic rings. The van der Waals surface area contributed by atoms with Gasteiger partial charge < -0.3 is 0 Å². The molecule has 0 N–H and O–H groups in total. The molecule has 0 bridgehead atoms. The van der Waals surface area contributed by atoms with Crippen LogP contribution in [0.4, 0.5) is 0 Å². The van der Waals surface area contributed by atoms with E-state index in [0.29, 0.717) is 5.41 Å². The van der Waals surface area contributed by atoms with Gasteiger partial charge in [0, 0.05) is 0 Å². The van der Waals surface area contributed by atoms with E-state index in [1.807, 2.05) is 0 Å². The Labute approximate surface area is 66.0 Å². The van der Waals surface area contributed by atoms with Gasteiger partial charge in [0.05, 0.1) is 0 Å². The molecule has 2 atom stereocenters. The molecule has 0 aliphatic heterocycles. The lowest BCUT2D eigenvalue weighted by atomic mass is 9.74. The molecule has 0 heterocycles. The normalized spacial score (nSPS) is 18.6. The van der Waals surface area contributed by atoms with E-state index in [4.69, 9.17) is 0 Å². The molecule has 10 heavy (non-hydrogen) atoms. The van der Waals surface area contributed by atoms with E-state index in [9.17, 15) is 0 Å². The largest absolute Gasteiger partial charge is 0.0651 e. The molecule has 0 radical (unpaired) electrons. The zero-order valence-electron chi connectivity index (χ0n) is 8.36. The predicted molar refractivity (Wildman–Crippen MR) is 48.1 cm³/mol. The van der Waals surface area contributed by atoms with Crippen molar-refractivity contribution >= 4 is 0 Å². The molecule has 0 aliphatic carbocycles. The van der Waals surface area contributed by atoms with E-state index in [1.165, 1.54) is 6.42 Å². The lowest BCUT2D eigenvalue weighted by Crippen LogP contribution is -2.23. The molecular formula is C10H22. The Hall–Kier alpha value is 0. The van der Waals surface area contributed by atoms with Gasteiger partial charge in [-0.15, -0.1) is 0 Å². The molecule has 0 rings (SSSR count). The second-order valence-corrected chi connectivity index (χ2v) is 4.54. The highest BCUT2D eigenvalue weighted by molar-refractivity contribution is 4.73. The van der Waals surface area contributed by atoms with Gasteiger partial charge >= 0.3 is 0 Å². The van der Waals surface area contributed by atoms with Crippen molar-refractivity contribution in [1.29, 1.82) is 0 Å². The number of hydrogen-bond donors (Lipinski definition) is 0. The van der Waals surface area contributed by atoms with Crippen LogP contribution >= 0.6 is 0 Å². The maximum Gasteiger partial charge on any atom is -0.0354 e. The number of hydrogen-bond acceptors (Lipinski definition) is 0. The van der Waals surface area contributed by atoms with Crippen LogP contribution < -0.4 is 0 Å². The van der Waals surface area contributed by atoms with Gasteiger partial charge in [-0.25, -0.2) is 0 Å². The maximum absolute atomic E-state index is 2.36. The van der Waals surface area contributed by atoms with Gasteiger partial charge in [0.2, 0.25) is 0 Å². The fraction of sp³-hybridized carbons (Fsp3) is 1.00. The molecule has 0 aliphatic rings. The average molecular weight is 142 g/mol. The molecule has 0 saturated carbocycles. The first-order valence-electron chi connectivity index (χ1n) is 4.39. The van der Waals surface area contributed by atoms with E-state index in [1.54, 1.807) is 0 Å². The van der Waals surface area contributed by atoms with Crippen molar-refractivity contribution in [1.82, 2.24) is 0 Å². The lowest BCUT2D eigenvalue weighted by Gasteiger charge is -2.31. The topological polar surface area (TPSA) is 0 Å². The summed E-state index contributed by atoms with van der Waals surface area (Å²) in [5.41, 5.74) is 0.482. The van der Waals surface area contributed by atoms with Gasteiger partial charge in [0.1, 0.15) is 0 Å². The highest BCUT2D eigenvalue weighted by atomic mass is 14.3. The van der Waals surface area contributed by atoms with Crippen molar-refractivity contribution in [3.63, 3.8) is 0 Å². The van der Waals surface area contributed by atoms with Crippen LogP contribution in [0.15, 0.2) is 0 Å². The first kappa shape index (κ1) is 10.0. The van der Waals surface area contributed by atoms with Crippen molar-refractivity contribution in [2.24, 2.45) is 17.3 Å². The second-order valence-electron chi connectivity index (χ2n) is 4.54. The molecule has 0 saturated heterocycles. The van der Waals surface area contributed by atoms with Crippen molar-refractivity contribution in [2.75, 3.05) is 0 Å². The summed E-state index contributed by atoms with van der Waals surface area (Å²) in [6, 6.07) is 0. The zero-order valence-corrected chi connectivity index (χ0v) is 8.36. The first-order valence-corrected chi connectivity index (χ1v) is 4.39. The van der Waals surface area contributed by atoms with Crippen LogP contribution in [0.2, 0.25) is 0 Å². The van der Waals surface area contributed by atoms with Crippen LogP contribution in [0, 0.1) is 17.3 Å². The number of rotatable bonds is 2. The van der Waals surface area contributed by atoms with Gasteiger partial charge in [0.15, 0.2) is 0 Å². The van der Waals surface area contributed by atoms with E-state index in [0.717, 1.165) is 11.8 Å². The van der Waals surface area contributed by atoms with Crippen molar-refractivity contribution in [3.05, 3.63) is 0 Å². The Morgan fingerprint density at radius 1 is 1.10 bits per heavy atom. The Kier molecular flexibility index (Phi) is 3.41. The minimum absolute atomic E-state index is 0.482. The molecule has 0 aromatic heterocycles. The Bertz CT molecular complexity index is 86.7. The van der Waals surface area contributed by atoms with Crippen LogP contribution in [0.25, 0.3) is 0 Å². The maximum atomic E-state index is 2.36. The summed E-state index contributed by atoms with van der Waals surface area (Å²) >= 11 is 0. The fourth-order valence-electron chi connectivity index (χ4n) is 1.21. The van der Waals surface area contributed by atoms with Gasteiger partial charge in [-0.1, -0.05) is 48.0 Å². The minimum Gasteiger partial charge on any atom is -0.0651 e. The van der Waals surface area contributed by atoms with Gasteiger partial charge in [-0.05, 0) is 17.3 Å². The second kappa shape index (κ2) is 3.41. The summed E-state index contributed by atoms with van der Waals surface area (Å²) in [5.74, 6) is 1.69. The van der Waals surface area contributed by atoms with E-state index in [-0.39, 0.29) is 0 Å². The summed E-state index contributed by atoms with van der Waals surface area (Å²) in [7, 11) is 0. The molecule has 0 heteroatoms. The molecule has 0 spiro atoms. The van der Waals surface area contributed by atoms with Gasteiger partial charge in [0.25, 0.3) is 0 Å². The summed E-state index contributed by atoms with van der Waals surface area (Å²) in [4.78, 5) is 0. The van der Waals surface area contributed by atoms with Crippen molar-refractivity contribution < 1.29 is 0 Å². The van der Waals surface area contributed by atoms with Crippen LogP contribution in [0.3, 0.4) is 0 Å². The van der Waals surface area contributed by atoms with Gasteiger partial charge in [-0.2, -0.15) is 0 Å². The molecule has 0 nitrogen and oxygen atoms in total. The summed E-state index contributed by atoms with van der Waals surface area (Å²) in [6.07, 6.45) is 1.30. The lowest BCUT2D eigenvalue weighted by molar-refractivity contribution is 0.184. The predicted octanol–water partition coefficient (Wildman–Crippen LogP) is 3.71. The van der Waals surface area contributed by atoms with Gasteiger partial charge in [-0.3, -0.25) is 0 Å². The van der Waals surface area contributed by atoms with Crippen LogP contribution in [0.1, 0.15) is 48.0 Å². The third-order valence-corrected chi connectivity index (χ3v) is 2.86. The minimum atomic E-state index is 0.482. The smallest absolute Gasteiger partial charge is 0.0354 e. The molecule has 62 valence electrons. The Morgan fingerprint density at radius 3 is 1.60 bits per heavy atom. The quantitative estimate of drug-likeness (QED) is 0.551. The Balaban J connectivity index is 3.94. The van der Waals surface area contributed by atoms with E-state index >= 15 is 0 Å². The molecule has 1 unspecified atom stereocenters. The summed E-state index contributed by atoms with van der Waals surface area (Å²) < 4.78 is 0. The van der Waals surface area contributed by atoms with E-state index in [2.05, 4.69) is 41.5 Å². The molecule has 0 amide bonds. The zero-order chi connectivity index (χ0) is 8.36. The van der Waals surface area contributed by atoms with Crippen molar-refractivity contribution in [3.8, 4) is 0 Å². The standard InChI is InChI=1S/C10H22/c1-7-8(2)9(3)10(4,5)6/h8-9H,7H2,1-6H3/t8?,9-/m1/s1. The van der Waals surface area contributed by atoms with E-state index < -0.39 is 0 Å². The fourth-order valence-corrected chi connectivity index (χ4v) is 1.21. The molecule has 0 fully saturated rings. The highest BCUT2D eigenvalue weighted by Crippen LogP contribution is 2.32. The SMILES string of the molecule is CCC(C)[C@@H](C)C(C)(C)C. The highest BCUT2D eigenvalue weighted by Gasteiger charge is 2.23. The average Bonchev–Trinajstić information content (AvgIpc) is 1.83. The first-order chi connectivity index (χ1) is 4.39. The molecule has 0 aromatic carbocycles. The monoisotopic (exact) mass is 142 g/mol. The third-order valence-electron chi connectivity index (χ3n) is 2.86. The van der Waals surface area contributed by atoms with Crippen LogP contribution in [-0.2, 0) is 0 Å². The van der Waals surface area contributed by atoms with Crippen LogP contribution in [-0.4, -0.2) is 0 Å². The third kappa shape index (κ3) is 2.72. The summed E-state index contributed by atoms with van der Waals surface area (Å²) in [6.45, 7) is 13.9. The molecular weight excluding hydrogens is 120 g/mol. The summed E-state index contributed by atoms with van der Waals surface area (Å²) in [5, 5.41) is 0.